The maximum absolute atomic E-state index is 12.8. The highest BCUT2D eigenvalue weighted by molar-refractivity contribution is 5.89. The fraction of sp³-hybridized carbons (Fsp3) is 0.579. The largest absolute Gasteiger partial charge is 0.435 e. The van der Waals surface area contributed by atoms with E-state index in [1.54, 1.807) is 12.1 Å². The highest BCUT2D eigenvalue weighted by Gasteiger charge is 2.40. The molecule has 3 fully saturated rings. The summed E-state index contributed by atoms with van der Waals surface area (Å²) in [5.74, 6) is 0.522. The summed E-state index contributed by atoms with van der Waals surface area (Å²) in [4.78, 5) is 24.7. The van der Waals surface area contributed by atoms with Crippen molar-refractivity contribution >= 4 is 11.8 Å². The molecule has 146 valence electrons. The fourth-order valence-electron chi connectivity index (χ4n) is 3.60. The second-order valence-corrected chi connectivity index (χ2v) is 7.58. The Kier molecular flexibility index (Phi) is 4.99. The molecule has 2 amide bonds. The lowest BCUT2D eigenvalue weighted by Crippen LogP contribution is -2.61. The van der Waals surface area contributed by atoms with Gasteiger partial charge in [-0.3, -0.25) is 14.9 Å². The van der Waals surface area contributed by atoms with Crippen LogP contribution in [0.1, 0.15) is 43.7 Å². The highest BCUT2D eigenvalue weighted by Crippen LogP contribution is 2.41. The summed E-state index contributed by atoms with van der Waals surface area (Å²) in [6.07, 6.45) is 4.11. The van der Waals surface area contributed by atoms with E-state index < -0.39 is 12.7 Å². The fourth-order valence-corrected chi connectivity index (χ4v) is 3.60. The smallest absolute Gasteiger partial charge is 0.387 e. The Morgan fingerprint density at radius 2 is 1.85 bits per heavy atom. The first-order valence-corrected chi connectivity index (χ1v) is 9.40. The van der Waals surface area contributed by atoms with E-state index in [0.29, 0.717) is 11.8 Å². The summed E-state index contributed by atoms with van der Waals surface area (Å²) in [7, 11) is 0. The van der Waals surface area contributed by atoms with Crippen LogP contribution in [0.3, 0.4) is 0 Å². The van der Waals surface area contributed by atoms with E-state index in [1.807, 2.05) is 0 Å². The molecular formula is C19H23F2N3O3. The minimum Gasteiger partial charge on any atom is -0.435 e. The van der Waals surface area contributed by atoms with E-state index >= 15 is 0 Å². The number of amides is 2. The van der Waals surface area contributed by atoms with Crippen molar-refractivity contribution in [1.82, 2.24) is 16.0 Å². The highest BCUT2D eigenvalue weighted by atomic mass is 19.3. The van der Waals surface area contributed by atoms with Gasteiger partial charge in [0.15, 0.2) is 0 Å². The average Bonchev–Trinajstić information content (AvgIpc) is 3.52. The predicted molar refractivity (Wildman–Crippen MR) is 92.9 cm³/mol. The molecule has 2 aliphatic carbocycles. The number of hydrogen-bond donors (Lipinski definition) is 3. The molecule has 0 aromatic heterocycles. The van der Waals surface area contributed by atoms with Crippen LogP contribution < -0.4 is 20.7 Å². The molecule has 0 radical (unpaired) electrons. The molecule has 0 spiro atoms. The number of alkyl halides is 2. The minimum atomic E-state index is -2.86. The van der Waals surface area contributed by atoms with Crippen LogP contribution in [-0.2, 0) is 9.59 Å². The molecular weight excluding hydrogens is 356 g/mol. The van der Waals surface area contributed by atoms with Crippen LogP contribution in [0.4, 0.5) is 8.78 Å². The number of hydrogen-bond acceptors (Lipinski definition) is 4. The quantitative estimate of drug-likeness (QED) is 0.678. The topological polar surface area (TPSA) is 79.5 Å². The van der Waals surface area contributed by atoms with Crippen molar-refractivity contribution in [3.05, 3.63) is 29.8 Å². The first kappa shape index (κ1) is 18.2. The summed E-state index contributed by atoms with van der Waals surface area (Å²) in [6, 6.07) is 5.64. The molecule has 1 aromatic carbocycles. The van der Waals surface area contributed by atoms with Crippen LogP contribution in [0, 0.1) is 11.8 Å². The van der Waals surface area contributed by atoms with Crippen LogP contribution in [0.25, 0.3) is 0 Å². The van der Waals surface area contributed by atoms with Gasteiger partial charge < -0.3 is 15.4 Å². The summed E-state index contributed by atoms with van der Waals surface area (Å²) in [5, 5.41) is 9.20. The van der Waals surface area contributed by atoms with E-state index in [9.17, 15) is 18.4 Å². The third-order valence-electron chi connectivity index (χ3n) is 5.35. The lowest BCUT2D eigenvalue weighted by Gasteiger charge is -2.32. The second-order valence-electron chi connectivity index (χ2n) is 7.58. The second kappa shape index (κ2) is 7.42. The predicted octanol–water partition coefficient (Wildman–Crippen LogP) is 2.07. The normalized spacial score (nSPS) is 26.4. The van der Waals surface area contributed by atoms with E-state index in [1.165, 1.54) is 12.1 Å². The molecule has 8 heteroatoms. The monoisotopic (exact) mass is 379 g/mol. The SMILES string of the molecule is O=C1CC(C(=O)N[C@@H](c2ccc(OC(F)F)cc2)C2CC2)NC(C2CC2)N1. The summed E-state index contributed by atoms with van der Waals surface area (Å²) < 4.78 is 29.0. The van der Waals surface area contributed by atoms with Gasteiger partial charge in [-0.15, -0.1) is 0 Å². The first-order valence-electron chi connectivity index (χ1n) is 9.40. The summed E-state index contributed by atoms with van der Waals surface area (Å²) in [6.45, 7) is -2.86. The Hall–Kier alpha value is -2.22. The molecule has 0 bridgehead atoms. The number of halogens is 2. The molecule has 1 aromatic rings. The van der Waals surface area contributed by atoms with E-state index in [0.717, 1.165) is 31.2 Å². The molecule has 3 N–H and O–H groups in total. The molecule has 3 atom stereocenters. The lowest BCUT2D eigenvalue weighted by atomic mass is 10.0. The maximum Gasteiger partial charge on any atom is 0.387 e. The van der Waals surface area contributed by atoms with Crippen molar-refractivity contribution in [1.29, 1.82) is 0 Å². The van der Waals surface area contributed by atoms with E-state index in [-0.39, 0.29) is 36.2 Å². The van der Waals surface area contributed by atoms with Crippen molar-refractivity contribution in [3.8, 4) is 5.75 Å². The molecule has 3 aliphatic rings. The zero-order chi connectivity index (χ0) is 19.0. The third kappa shape index (κ3) is 4.55. The first-order chi connectivity index (χ1) is 13.0. The van der Waals surface area contributed by atoms with Gasteiger partial charge in [-0.05, 0) is 55.2 Å². The Morgan fingerprint density at radius 1 is 1.15 bits per heavy atom. The van der Waals surface area contributed by atoms with Gasteiger partial charge in [-0.1, -0.05) is 12.1 Å². The Balaban J connectivity index is 1.42. The maximum atomic E-state index is 12.8. The zero-order valence-electron chi connectivity index (χ0n) is 14.8. The number of rotatable bonds is 7. The lowest BCUT2D eigenvalue weighted by molar-refractivity contribution is -0.132. The van der Waals surface area contributed by atoms with E-state index in [2.05, 4.69) is 20.7 Å². The molecule has 6 nitrogen and oxygen atoms in total. The average molecular weight is 379 g/mol. The van der Waals surface area contributed by atoms with Crippen molar-refractivity contribution in [2.24, 2.45) is 11.8 Å². The van der Waals surface area contributed by atoms with Crippen LogP contribution in [0.5, 0.6) is 5.75 Å². The van der Waals surface area contributed by atoms with Crippen molar-refractivity contribution < 1.29 is 23.1 Å². The molecule has 1 aliphatic heterocycles. The third-order valence-corrected chi connectivity index (χ3v) is 5.35. The van der Waals surface area contributed by atoms with Crippen molar-refractivity contribution in [2.75, 3.05) is 0 Å². The molecule has 4 rings (SSSR count). The van der Waals surface area contributed by atoms with Gasteiger partial charge in [0.1, 0.15) is 5.75 Å². The Morgan fingerprint density at radius 3 is 2.44 bits per heavy atom. The molecule has 27 heavy (non-hydrogen) atoms. The summed E-state index contributed by atoms with van der Waals surface area (Å²) >= 11 is 0. The van der Waals surface area contributed by atoms with Gasteiger partial charge >= 0.3 is 6.61 Å². The van der Waals surface area contributed by atoms with Gasteiger partial charge in [0.05, 0.1) is 24.7 Å². The molecule has 1 heterocycles. The van der Waals surface area contributed by atoms with Crippen LogP contribution >= 0.6 is 0 Å². The van der Waals surface area contributed by atoms with Gasteiger partial charge in [-0.2, -0.15) is 8.78 Å². The molecule has 2 saturated carbocycles. The Labute approximate surface area is 156 Å². The standard InChI is InChI=1S/C19H23F2N3O3/c20-19(21)27-13-7-5-11(6-8-13)16(10-1-2-10)24-18(26)14-9-15(25)23-17(22-14)12-3-4-12/h5-8,10,12,14,16-17,19,22H,1-4,9H2,(H,23,25)(H,24,26)/t14?,16-,17?/m1/s1. The summed E-state index contributed by atoms with van der Waals surface area (Å²) in [5.41, 5.74) is 0.853. The number of carbonyl (C=O) groups is 2. The van der Waals surface area contributed by atoms with Gasteiger partial charge in [0.25, 0.3) is 0 Å². The van der Waals surface area contributed by atoms with E-state index in [4.69, 9.17) is 0 Å². The molecule has 1 saturated heterocycles. The number of ether oxygens (including phenoxy) is 1. The van der Waals surface area contributed by atoms with Crippen LogP contribution in [0.2, 0.25) is 0 Å². The minimum absolute atomic E-state index is 0.0903. The van der Waals surface area contributed by atoms with Gasteiger partial charge in [0, 0.05) is 0 Å². The number of benzene rings is 1. The van der Waals surface area contributed by atoms with Crippen LogP contribution in [-0.4, -0.2) is 30.6 Å². The van der Waals surface area contributed by atoms with Crippen molar-refractivity contribution in [2.45, 2.75) is 57.0 Å². The molecule has 2 unspecified atom stereocenters. The number of nitrogens with one attached hydrogen (secondary N) is 3. The van der Waals surface area contributed by atoms with Crippen molar-refractivity contribution in [3.63, 3.8) is 0 Å². The number of carbonyl (C=O) groups excluding carboxylic acids is 2. The van der Waals surface area contributed by atoms with Gasteiger partial charge in [0.2, 0.25) is 11.8 Å². The van der Waals surface area contributed by atoms with Gasteiger partial charge in [-0.25, -0.2) is 0 Å². The zero-order valence-corrected chi connectivity index (χ0v) is 14.8. The van der Waals surface area contributed by atoms with Crippen LogP contribution in [0.15, 0.2) is 24.3 Å². The Bertz CT molecular complexity index is 705.